The van der Waals surface area contributed by atoms with E-state index in [0.717, 1.165) is 32.2 Å². The van der Waals surface area contributed by atoms with Gasteiger partial charge in [-0.05, 0) is 25.7 Å². The number of rotatable bonds is 3. The van der Waals surface area contributed by atoms with Crippen LogP contribution in [0.4, 0.5) is 0 Å². The summed E-state index contributed by atoms with van der Waals surface area (Å²) in [4.78, 5) is 0. The van der Waals surface area contributed by atoms with E-state index in [2.05, 4.69) is 5.32 Å². The average Bonchev–Trinajstić information content (AvgIpc) is 2.04. The van der Waals surface area contributed by atoms with Crippen LogP contribution in [0.25, 0.3) is 0 Å². The quantitative estimate of drug-likeness (QED) is 0.535. The molecule has 0 radical (unpaired) electrons. The molecule has 1 rings (SSSR count). The maximum atomic E-state index is 9.20. The fraction of sp³-hybridized carbons (Fsp3) is 1.00. The Morgan fingerprint density at radius 2 is 1.91 bits per heavy atom. The highest BCUT2D eigenvalue weighted by molar-refractivity contribution is 4.76. The van der Waals surface area contributed by atoms with E-state index < -0.39 is 0 Å². The molecular formula is C8H18N2O. The van der Waals surface area contributed by atoms with Crippen LogP contribution in [0.5, 0.6) is 0 Å². The summed E-state index contributed by atoms with van der Waals surface area (Å²) < 4.78 is 0. The zero-order valence-corrected chi connectivity index (χ0v) is 6.92. The van der Waals surface area contributed by atoms with Crippen LogP contribution >= 0.6 is 0 Å². The van der Waals surface area contributed by atoms with E-state index in [4.69, 9.17) is 5.73 Å². The molecular weight excluding hydrogens is 140 g/mol. The van der Waals surface area contributed by atoms with Gasteiger partial charge in [0.15, 0.2) is 0 Å². The Morgan fingerprint density at radius 1 is 1.27 bits per heavy atom. The van der Waals surface area contributed by atoms with Crippen molar-refractivity contribution in [2.45, 2.75) is 37.8 Å². The van der Waals surface area contributed by atoms with E-state index in [1.807, 2.05) is 0 Å². The van der Waals surface area contributed by atoms with Gasteiger partial charge in [0.05, 0.1) is 6.10 Å². The average molecular weight is 158 g/mol. The Bertz CT molecular complexity index is 97.5. The molecule has 0 unspecified atom stereocenters. The van der Waals surface area contributed by atoms with Crippen LogP contribution in [0, 0.1) is 0 Å². The Hall–Kier alpha value is -0.120. The first-order valence-corrected chi connectivity index (χ1v) is 4.44. The largest absolute Gasteiger partial charge is 0.393 e. The number of aliphatic hydroxyl groups is 1. The molecule has 0 atom stereocenters. The smallest absolute Gasteiger partial charge is 0.0541 e. The predicted octanol–water partition coefficient (Wildman–Crippen LogP) is -0.162. The molecule has 3 heteroatoms. The summed E-state index contributed by atoms with van der Waals surface area (Å²) in [6.07, 6.45) is 4.04. The molecule has 4 N–H and O–H groups in total. The summed E-state index contributed by atoms with van der Waals surface area (Å²) >= 11 is 0. The molecule has 0 aliphatic heterocycles. The second-order valence-electron chi connectivity index (χ2n) is 3.25. The molecule has 0 aromatic heterocycles. The van der Waals surface area contributed by atoms with Crippen molar-refractivity contribution < 1.29 is 5.11 Å². The van der Waals surface area contributed by atoms with Crippen LogP contribution in [0.3, 0.4) is 0 Å². The van der Waals surface area contributed by atoms with Gasteiger partial charge < -0.3 is 16.2 Å². The maximum absolute atomic E-state index is 9.20. The molecule has 0 saturated heterocycles. The van der Waals surface area contributed by atoms with E-state index >= 15 is 0 Å². The first-order chi connectivity index (χ1) is 5.33. The summed E-state index contributed by atoms with van der Waals surface area (Å²) in [5, 5.41) is 12.6. The Balaban J connectivity index is 2.07. The van der Waals surface area contributed by atoms with Gasteiger partial charge in [0.25, 0.3) is 0 Å². The third-order valence-corrected chi connectivity index (χ3v) is 2.27. The van der Waals surface area contributed by atoms with Crippen molar-refractivity contribution in [3.8, 4) is 0 Å². The second kappa shape index (κ2) is 4.70. The molecule has 66 valence electrons. The molecule has 3 nitrogen and oxygen atoms in total. The zero-order chi connectivity index (χ0) is 8.10. The van der Waals surface area contributed by atoms with Crippen LogP contribution in [0.15, 0.2) is 0 Å². The lowest BCUT2D eigenvalue weighted by atomic mass is 9.93. The second-order valence-corrected chi connectivity index (χ2v) is 3.25. The highest BCUT2D eigenvalue weighted by atomic mass is 16.3. The number of aliphatic hydroxyl groups excluding tert-OH is 1. The molecule has 0 spiro atoms. The van der Waals surface area contributed by atoms with Crippen molar-refractivity contribution in [2.75, 3.05) is 13.1 Å². The standard InChI is InChI=1S/C8H18N2O/c9-5-6-10-7-1-3-8(11)4-2-7/h7-8,10-11H,1-6,9H2/t7-,8-. The minimum absolute atomic E-state index is 0.0501. The van der Waals surface area contributed by atoms with Crippen molar-refractivity contribution in [1.82, 2.24) is 5.32 Å². The van der Waals surface area contributed by atoms with Crippen molar-refractivity contribution in [1.29, 1.82) is 0 Å². The molecule has 1 saturated carbocycles. The highest BCUT2D eigenvalue weighted by Gasteiger charge is 2.17. The minimum Gasteiger partial charge on any atom is -0.393 e. The fourth-order valence-corrected chi connectivity index (χ4v) is 1.57. The Morgan fingerprint density at radius 3 is 2.45 bits per heavy atom. The Labute approximate surface area is 68.0 Å². The minimum atomic E-state index is -0.0501. The van der Waals surface area contributed by atoms with Gasteiger partial charge in [-0.15, -0.1) is 0 Å². The molecule has 1 aliphatic rings. The number of hydrogen-bond donors (Lipinski definition) is 3. The topological polar surface area (TPSA) is 58.3 Å². The number of hydrogen-bond acceptors (Lipinski definition) is 3. The Kier molecular flexibility index (Phi) is 3.83. The maximum Gasteiger partial charge on any atom is 0.0541 e. The lowest BCUT2D eigenvalue weighted by Crippen LogP contribution is -2.37. The van der Waals surface area contributed by atoms with E-state index in [1.54, 1.807) is 0 Å². The fourth-order valence-electron chi connectivity index (χ4n) is 1.57. The molecule has 1 aliphatic carbocycles. The third kappa shape index (κ3) is 3.18. The third-order valence-electron chi connectivity index (χ3n) is 2.27. The first kappa shape index (κ1) is 8.97. The van der Waals surface area contributed by atoms with E-state index in [9.17, 15) is 5.11 Å². The van der Waals surface area contributed by atoms with Gasteiger partial charge in [0.2, 0.25) is 0 Å². The van der Waals surface area contributed by atoms with E-state index in [0.29, 0.717) is 12.6 Å². The molecule has 1 fully saturated rings. The van der Waals surface area contributed by atoms with Crippen molar-refractivity contribution in [3.05, 3.63) is 0 Å². The van der Waals surface area contributed by atoms with Crippen LogP contribution in [-0.2, 0) is 0 Å². The normalized spacial score (nSPS) is 32.2. The van der Waals surface area contributed by atoms with Gasteiger partial charge in [-0.25, -0.2) is 0 Å². The van der Waals surface area contributed by atoms with Gasteiger partial charge in [0, 0.05) is 19.1 Å². The van der Waals surface area contributed by atoms with Gasteiger partial charge >= 0.3 is 0 Å². The van der Waals surface area contributed by atoms with Crippen LogP contribution in [0.1, 0.15) is 25.7 Å². The van der Waals surface area contributed by atoms with Crippen LogP contribution in [-0.4, -0.2) is 30.3 Å². The SMILES string of the molecule is NCCN[C@H]1CC[C@H](O)CC1. The first-order valence-electron chi connectivity index (χ1n) is 4.44. The molecule has 0 aromatic carbocycles. The molecule has 11 heavy (non-hydrogen) atoms. The lowest BCUT2D eigenvalue weighted by molar-refractivity contribution is 0.117. The summed E-state index contributed by atoms with van der Waals surface area (Å²) in [7, 11) is 0. The van der Waals surface area contributed by atoms with Crippen molar-refractivity contribution >= 4 is 0 Å². The van der Waals surface area contributed by atoms with Crippen LogP contribution in [0.2, 0.25) is 0 Å². The van der Waals surface area contributed by atoms with Crippen molar-refractivity contribution in [2.24, 2.45) is 5.73 Å². The molecule has 0 heterocycles. The monoisotopic (exact) mass is 158 g/mol. The van der Waals surface area contributed by atoms with Crippen molar-refractivity contribution in [3.63, 3.8) is 0 Å². The van der Waals surface area contributed by atoms with Gasteiger partial charge in [0.1, 0.15) is 0 Å². The summed E-state index contributed by atoms with van der Waals surface area (Å²) in [5.41, 5.74) is 5.36. The zero-order valence-electron chi connectivity index (χ0n) is 6.92. The van der Waals surface area contributed by atoms with E-state index in [-0.39, 0.29) is 6.10 Å². The summed E-state index contributed by atoms with van der Waals surface area (Å²) in [6.45, 7) is 1.61. The number of nitrogens with two attached hydrogens (primary N) is 1. The van der Waals surface area contributed by atoms with Crippen LogP contribution < -0.4 is 11.1 Å². The molecule has 0 amide bonds. The lowest BCUT2D eigenvalue weighted by Gasteiger charge is -2.25. The number of nitrogens with one attached hydrogen (secondary N) is 1. The van der Waals surface area contributed by atoms with Gasteiger partial charge in [-0.1, -0.05) is 0 Å². The van der Waals surface area contributed by atoms with Gasteiger partial charge in [-0.2, -0.15) is 0 Å². The summed E-state index contributed by atoms with van der Waals surface area (Å²) in [5.74, 6) is 0. The van der Waals surface area contributed by atoms with Gasteiger partial charge in [-0.3, -0.25) is 0 Å². The van der Waals surface area contributed by atoms with E-state index in [1.165, 1.54) is 0 Å². The summed E-state index contributed by atoms with van der Waals surface area (Å²) in [6, 6.07) is 0.599. The predicted molar refractivity (Wildman–Crippen MR) is 45.3 cm³/mol. The highest BCUT2D eigenvalue weighted by Crippen LogP contribution is 2.17. The molecule has 0 bridgehead atoms. The molecule has 0 aromatic rings.